The largest absolute Gasteiger partial charge is 0.469 e. The summed E-state index contributed by atoms with van der Waals surface area (Å²) in [6.07, 6.45) is 6.07. The SMILES string of the molecule is COC(=O)CCC1C(C(=O)CC(CC(C)C)c2ccccc2)=CC(CO)=CC1C. The molecule has 3 unspecified atom stereocenters. The topological polar surface area (TPSA) is 63.6 Å². The Kier molecular flexibility index (Phi) is 8.84. The van der Waals surface area contributed by atoms with Gasteiger partial charge in [0, 0.05) is 12.8 Å². The molecule has 1 aliphatic carbocycles. The van der Waals surface area contributed by atoms with Crippen LogP contribution in [0.15, 0.2) is 53.6 Å². The fraction of sp³-hybridized carbons (Fsp3) is 0.520. The van der Waals surface area contributed by atoms with Gasteiger partial charge in [0.05, 0.1) is 13.7 Å². The molecule has 0 heterocycles. The Morgan fingerprint density at radius 2 is 1.86 bits per heavy atom. The molecule has 0 spiro atoms. The van der Waals surface area contributed by atoms with Crippen LogP contribution in [0.5, 0.6) is 0 Å². The molecule has 2 rings (SSSR count). The average molecular weight is 399 g/mol. The number of esters is 1. The van der Waals surface area contributed by atoms with Crippen molar-refractivity contribution in [1.82, 2.24) is 0 Å². The van der Waals surface area contributed by atoms with E-state index in [1.165, 1.54) is 12.7 Å². The van der Waals surface area contributed by atoms with Crippen LogP contribution in [0, 0.1) is 17.8 Å². The van der Waals surface area contributed by atoms with Crippen molar-refractivity contribution in [2.45, 2.75) is 52.4 Å². The molecule has 29 heavy (non-hydrogen) atoms. The smallest absolute Gasteiger partial charge is 0.305 e. The minimum absolute atomic E-state index is 0.0348. The fourth-order valence-electron chi connectivity index (χ4n) is 4.24. The van der Waals surface area contributed by atoms with Gasteiger partial charge in [-0.25, -0.2) is 0 Å². The third-order valence-electron chi connectivity index (χ3n) is 5.70. The molecule has 0 radical (unpaired) electrons. The first kappa shape index (κ1) is 23.1. The number of aliphatic hydroxyl groups excluding tert-OH is 1. The first-order valence-corrected chi connectivity index (χ1v) is 10.5. The van der Waals surface area contributed by atoms with Crippen molar-refractivity contribution in [1.29, 1.82) is 0 Å². The second-order valence-electron chi connectivity index (χ2n) is 8.44. The second kappa shape index (κ2) is 11.1. The van der Waals surface area contributed by atoms with Crippen molar-refractivity contribution in [3.05, 3.63) is 59.2 Å². The molecule has 1 aliphatic rings. The maximum Gasteiger partial charge on any atom is 0.305 e. The summed E-state index contributed by atoms with van der Waals surface area (Å²) in [5.74, 6) is 0.543. The zero-order chi connectivity index (χ0) is 21.4. The number of ketones is 1. The van der Waals surface area contributed by atoms with Crippen LogP contribution in [-0.4, -0.2) is 30.6 Å². The van der Waals surface area contributed by atoms with Gasteiger partial charge in [-0.1, -0.05) is 57.2 Å². The van der Waals surface area contributed by atoms with Gasteiger partial charge in [-0.05, 0) is 59.3 Å². The van der Waals surface area contributed by atoms with E-state index in [4.69, 9.17) is 4.74 Å². The maximum atomic E-state index is 13.4. The first-order chi connectivity index (χ1) is 13.8. The quantitative estimate of drug-likeness (QED) is 0.573. The number of Topliss-reactive ketones (excluding diaryl/α,β-unsaturated/α-hetero) is 1. The highest BCUT2D eigenvalue weighted by Gasteiger charge is 2.30. The van der Waals surface area contributed by atoms with Crippen LogP contribution in [0.3, 0.4) is 0 Å². The predicted molar refractivity (Wildman–Crippen MR) is 115 cm³/mol. The number of methoxy groups -OCH3 is 1. The summed E-state index contributed by atoms with van der Waals surface area (Å²) in [5, 5.41) is 9.63. The van der Waals surface area contributed by atoms with E-state index in [1.807, 2.05) is 37.3 Å². The summed E-state index contributed by atoms with van der Waals surface area (Å²) in [6, 6.07) is 10.2. The van der Waals surface area contributed by atoms with Crippen LogP contribution in [0.1, 0.15) is 57.9 Å². The van der Waals surface area contributed by atoms with Gasteiger partial charge in [0.2, 0.25) is 0 Å². The Hall–Kier alpha value is -2.20. The summed E-state index contributed by atoms with van der Waals surface area (Å²) >= 11 is 0. The van der Waals surface area contributed by atoms with E-state index in [9.17, 15) is 14.7 Å². The highest BCUT2D eigenvalue weighted by atomic mass is 16.5. The summed E-state index contributed by atoms with van der Waals surface area (Å²) in [4.78, 5) is 25.1. The number of rotatable bonds is 10. The number of allylic oxidation sites excluding steroid dienone is 2. The Labute approximate surface area is 174 Å². The van der Waals surface area contributed by atoms with Crippen molar-refractivity contribution in [2.24, 2.45) is 17.8 Å². The number of ether oxygens (including phenoxy) is 1. The molecule has 1 aromatic rings. The van der Waals surface area contributed by atoms with Crippen molar-refractivity contribution in [3.63, 3.8) is 0 Å². The van der Waals surface area contributed by atoms with Gasteiger partial charge in [0.25, 0.3) is 0 Å². The van der Waals surface area contributed by atoms with Crippen molar-refractivity contribution in [3.8, 4) is 0 Å². The summed E-state index contributed by atoms with van der Waals surface area (Å²) in [5.41, 5.74) is 2.69. The molecule has 0 saturated heterocycles. The third-order valence-corrected chi connectivity index (χ3v) is 5.70. The predicted octanol–water partition coefficient (Wildman–Crippen LogP) is 4.84. The van der Waals surface area contributed by atoms with Crippen molar-refractivity contribution >= 4 is 11.8 Å². The molecule has 0 bridgehead atoms. The molecule has 3 atom stereocenters. The summed E-state index contributed by atoms with van der Waals surface area (Å²) < 4.78 is 4.78. The summed E-state index contributed by atoms with van der Waals surface area (Å²) in [6.45, 7) is 6.31. The Bertz CT molecular complexity index is 745. The van der Waals surface area contributed by atoms with Gasteiger partial charge < -0.3 is 9.84 Å². The minimum atomic E-state index is -0.261. The van der Waals surface area contributed by atoms with Crippen LogP contribution in [0.4, 0.5) is 0 Å². The molecular formula is C25H34O4. The molecular weight excluding hydrogens is 364 g/mol. The maximum absolute atomic E-state index is 13.4. The van der Waals surface area contributed by atoms with E-state index >= 15 is 0 Å². The fourth-order valence-corrected chi connectivity index (χ4v) is 4.24. The third kappa shape index (κ3) is 6.67. The lowest BCUT2D eigenvalue weighted by molar-refractivity contribution is -0.141. The van der Waals surface area contributed by atoms with Gasteiger partial charge in [-0.2, -0.15) is 0 Å². The molecule has 0 fully saturated rings. The lowest BCUT2D eigenvalue weighted by Crippen LogP contribution is -2.25. The van der Waals surface area contributed by atoms with Crippen molar-refractivity contribution in [2.75, 3.05) is 13.7 Å². The van der Waals surface area contributed by atoms with Gasteiger partial charge >= 0.3 is 5.97 Å². The molecule has 0 aromatic heterocycles. The number of carbonyl (C=O) groups excluding carboxylic acids is 2. The lowest BCUT2D eigenvalue weighted by Gasteiger charge is -2.29. The molecule has 0 amide bonds. The van der Waals surface area contributed by atoms with E-state index < -0.39 is 0 Å². The number of benzene rings is 1. The zero-order valence-corrected chi connectivity index (χ0v) is 18.1. The normalized spacial score (nSPS) is 20.1. The first-order valence-electron chi connectivity index (χ1n) is 10.5. The number of hydrogen-bond donors (Lipinski definition) is 1. The number of hydrogen-bond acceptors (Lipinski definition) is 4. The lowest BCUT2D eigenvalue weighted by atomic mass is 9.74. The number of carbonyl (C=O) groups is 2. The molecule has 4 heteroatoms. The van der Waals surface area contributed by atoms with Crippen LogP contribution < -0.4 is 0 Å². The van der Waals surface area contributed by atoms with Crippen LogP contribution in [0.25, 0.3) is 0 Å². The van der Waals surface area contributed by atoms with Gasteiger partial charge in [-0.15, -0.1) is 0 Å². The molecule has 158 valence electrons. The molecule has 0 saturated carbocycles. The van der Waals surface area contributed by atoms with Crippen LogP contribution >= 0.6 is 0 Å². The van der Waals surface area contributed by atoms with Gasteiger partial charge in [-0.3, -0.25) is 9.59 Å². The van der Waals surface area contributed by atoms with Crippen LogP contribution in [0.2, 0.25) is 0 Å². The second-order valence-corrected chi connectivity index (χ2v) is 8.44. The van der Waals surface area contributed by atoms with E-state index in [-0.39, 0.29) is 42.5 Å². The average Bonchev–Trinajstić information content (AvgIpc) is 2.71. The van der Waals surface area contributed by atoms with Gasteiger partial charge in [0.1, 0.15) is 0 Å². The molecule has 4 nitrogen and oxygen atoms in total. The monoisotopic (exact) mass is 398 g/mol. The highest BCUT2D eigenvalue weighted by molar-refractivity contribution is 5.97. The van der Waals surface area contributed by atoms with Crippen LogP contribution in [-0.2, 0) is 14.3 Å². The Balaban J connectivity index is 2.25. The standard InChI is InChI=1S/C25H34O4/c1-17(2)12-21(20-8-6-5-7-9-20)15-24(27)23-14-19(16-26)13-18(3)22(23)10-11-25(28)29-4/h5-9,13-14,17-18,21-22,26H,10-12,15-16H2,1-4H3. The minimum Gasteiger partial charge on any atom is -0.469 e. The highest BCUT2D eigenvalue weighted by Crippen LogP contribution is 2.36. The zero-order valence-electron chi connectivity index (χ0n) is 18.1. The molecule has 1 aromatic carbocycles. The molecule has 1 N–H and O–H groups in total. The van der Waals surface area contributed by atoms with Gasteiger partial charge in [0.15, 0.2) is 5.78 Å². The van der Waals surface area contributed by atoms with Crippen molar-refractivity contribution < 1.29 is 19.4 Å². The Morgan fingerprint density at radius 3 is 2.45 bits per heavy atom. The van der Waals surface area contributed by atoms with E-state index in [0.29, 0.717) is 18.8 Å². The van der Waals surface area contributed by atoms with E-state index in [1.54, 1.807) is 0 Å². The molecule has 0 aliphatic heterocycles. The van der Waals surface area contributed by atoms with E-state index in [2.05, 4.69) is 26.0 Å². The Morgan fingerprint density at radius 1 is 1.17 bits per heavy atom. The summed E-state index contributed by atoms with van der Waals surface area (Å²) in [7, 11) is 1.38. The van der Waals surface area contributed by atoms with E-state index in [0.717, 1.165) is 17.6 Å². The number of aliphatic hydroxyl groups is 1.